The lowest BCUT2D eigenvalue weighted by molar-refractivity contribution is 0.0955. The summed E-state index contributed by atoms with van der Waals surface area (Å²) >= 11 is 0. The average molecular weight is 327 g/mol. The molecule has 0 aliphatic heterocycles. The molecule has 0 saturated heterocycles. The van der Waals surface area contributed by atoms with Gasteiger partial charge in [-0.25, -0.2) is 9.82 Å². The quantitative estimate of drug-likeness (QED) is 0.652. The second-order valence-electron chi connectivity index (χ2n) is 4.56. The Labute approximate surface area is 138 Å². The molecule has 7 heteroatoms. The van der Waals surface area contributed by atoms with E-state index in [1.807, 2.05) is 6.07 Å². The topological polar surface area (TPSA) is 83.7 Å². The smallest absolute Gasteiger partial charge is 0.271 e. The van der Waals surface area contributed by atoms with E-state index in [9.17, 15) is 9.18 Å². The normalized spacial score (nSPS) is 10.2. The first kappa shape index (κ1) is 17.0. The molecule has 0 aliphatic rings. The highest BCUT2D eigenvalue weighted by Gasteiger charge is 2.06. The standard InChI is InChI=1S/C17H14FN3O3/c1-23-16-10-12(2-7-15(16)24-9-8-19)11-20-21-17(22)13-3-5-14(18)6-4-13/h2-7,10-11H,9H2,1H3,(H,21,22). The summed E-state index contributed by atoms with van der Waals surface area (Å²) < 4.78 is 23.2. The van der Waals surface area contributed by atoms with Crippen molar-refractivity contribution in [1.29, 1.82) is 5.26 Å². The minimum absolute atomic E-state index is 0.0858. The number of hydrogen-bond acceptors (Lipinski definition) is 5. The Kier molecular flexibility index (Phi) is 5.86. The fourth-order valence-electron chi connectivity index (χ4n) is 1.82. The third-order valence-electron chi connectivity index (χ3n) is 2.97. The number of benzene rings is 2. The van der Waals surface area contributed by atoms with Crippen LogP contribution in [0, 0.1) is 17.1 Å². The number of hydrogen-bond donors (Lipinski definition) is 1. The van der Waals surface area contributed by atoms with E-state index in [1.54, 1.807) is 18.2 Å². The summed E-state index contributed by atoms with van der Waals surface area (Å²) in [6, 6.07) is 12.0. The van der Waals surface area contributed by atoms with Gasteiger partial charge in [-0.2, -0.15) is 10.4 Å². The van der Waals surface area contributed by atoms with E-state index in [1.165, 1.54) is 37.6 Å². The average Bonchev–Trinajstić information content (AvgIpc) is 2.60. The summed E-state index contributed by atoms with van der Waals surface area (Å²) in [5.74, 6) is 0.0126. The molecular weight excluding hydrogens is 313 g/mol. The molecule has 0 aliphatic carbocycles. The number of nitrogens with one attached hydrogen (secondary N) is 1. The lowest BCUT2D eigenvalue weighted by Crippen LogP contribution is -2.17. The Morgan fingerprint density at radius 3 is 2.71 bits per heavy atom. The molecule has 0 bridgehead atoms. The van der Waals surface area contributed by atoms with Crippen LogP contribution < -0.4 is 14.9 Å². The van der Waals surface area contributed by atoms with E-state index in [0.29, 0.717) is 22.6 Å². The summed E-state index contributed by atoms with van der Waals surface area (Å²) in [5, 5.41) is 12.4. The van der Waals surface area contributed by atoms with Gasteiger partial charge in [0.1, 0.15) is 11.9 Å². The molecule has 0 aromatic heterocycles. The fourth-order valence-corrected chi connectivity index (χ4v) is 1.82. The fraction of sp³-hybridized carbons (Fsp3) is 0.118. The van der Waals surface area contributed by atoms with Gasteiger partial charge >= 0.3 is 0 Å². The maximum atomic E-state index is 12.8. The van der Waals surface area contributed by atoms with Crippen molar-refractivity contribution in [3.05, 3.63) is 59.4 Å². The first-order valence-electron chi connectivity index (χ1n) is 6.91. The van der Waals surface area contributed by atoms with Gasteiger partial charge in [-0.3, -0.25) is 4.79 Å². The van der Waals surface area contributed by atoms with Crippen molar-refractivity contribution < 1.29 is 18.7 Å². The van der Waals surface area contributed by atoms with E-state index >= 15 is 0 Å². The van der Waals surface area contributed by atoms with Crippen LogP contribution >= 0.6 is 0 Å². The van der Waals surface area contributed by atoms with E-state index in [2.05, 4.69) is 10.5 Å². The van der Waals surface area contributed by atoms with E-state index in [0.717, 1.165) is 0 Å². The summed E-state index contributed by atoms with van der Waals surface area (Å²) in [4.78, 5) is 11.8. The first-order chi connectivity index (χ1) is 11.6. The van der Waals surface area contributed by atoms with Crippen LogP contribution in [-0.2, 0) is 0 Å². The van der Waals surface area contributed by atoms with Gasteiger partial charge < -0.3 is 9.47 Å². The highest BCUT2D eigenvalue weighted by molar-refractivity contribution is 5.94. The number of nitriles is 1. The Morgan fingerprint density at radius 2 is 2.04 bits per heavy atom. The number of carbonyl (C=O) groups is 1. The van der Waals surface area contributed by atoms with Gasteiger partial charge in [0.05, 0.1) is 13.3 Å². The number of carbonyl (C=O) groups excluding carboxylic acids is 1. The molecule has 0 atom stereocenters. The lowest BCUT2D eigenvalue weighted by Gasteiger charge is -2.08. The molecule has 0 spiro atoms. The van der Waals surface area contributed by atoms with Gasteiger partial charge in [0, 0.05) is 5.56 Å². The van der Waals surface area contributed by atoms with Crippen LogP contribution in [-0.4, -0.2) is 25.8 Å². The molecule has 0 radical (unpaired) electrons. The predicted molar refractivity (Wildman–Crippen MR) is 85.6 cm³/mol. The molecule has 0 saturated carbocycles. The van der Waals surface area contributed by atoms with E-state index in [-0.39, 0.29) is 6.61 Å². The summed E-state index contributed by atoms with van der Waals surface area (Å²) in [6.45, 7) is -0.0858. The number of nitrogens with zero attached hydrogens (tertiary/aromatic N) is 2. The van der Waals surface area contributed by atoms with Crippen LogP contribution in [0.4, 0.5) is 4.39 Å². The molecule has 1 amide bonds. The van der Waals surface area contributed by atoms with Gasteiger partial charge in [0.2, 0.25) is 0 Å². The number of hydrazone groups is 1. The Balaban J connectivity index is 2.02. The van der Waals surface area contributed by atoms with Gasteiger partial charge in [0.15, 0.2) is 18.1 Å². The zero-order valence-corrected chi connectivity index (χ0v) is 12.8. The maximum absolute atomic E-state index is 12.8. The van der Waals surface area contributed by atoms with Gasteiger partial charge in [-0.15, -0.1) is 0 Å². The molecule has 2 aromatic carbocycles. The molecule has 0 fully saturated rings. The van der Waals surface area contributed by atoms with Crippen molar-refractivity contribution in [2.45, 2.75) is 0 Å². The zero-order valence-electron chi connectivity index (χ0n) is 12.8. The third kappa shape index (κ3) is 4.55. The van der Waals surface area contributed by atoms with Crippen LogP contribution in [0.25, 0.3) is 0 Å². The Bertz CT molecular complexity index is 783. The van der Waals surface area contributed by atoms with Crippen molar-refractivity contribution in [2.75, 3.05) is 13.7 Å². The van der Waals surface area contributed by atoms with Gasteiger partial charge in [0.25, 0.3) is 5.91 Å². The minimum atomic E-state index is -0.452. The zero-order chi connectivity index (χ0) is 17.4. The Morgan fingerprint density at radius 1 is 1.29 bits per heavy atom. The SMILES string of the molecule is COc1cc(C=NNC(=O)c2ccc(F)cc2)ccc1OCC#N. The van der Waals surface area contributed by atoms with Crippen molar-refractivity contribution in [2.24, 2.45) is 5.10 Å². The summed E-state index contributed by atoms with van der Waals surface area (Å²) in [7, 11) is 1.48. The van der Waals surface area contributed by atoms with Crippen LogP contribution in [0.1, 0.15) is 15.9 Å². The maximum Gasteiger partial charge on any atom is 0.271 e. The molecule has 2 rings (SSSR count). The number of halogens is 1. The highest BCUT2D eigenvalue weighted by Crippen LogP contribution is 2.27. The molecule has 6 nitrogen and oxygen atoms in total. The molecular formula is C17H14FN3O3. The van der Waals surface area contributed by atoms with Crippen LogP contribution in [0.3, 0.4) is 0 Å². The number of ether oxygens (including phenoxy) is 2. The van der Waals surface area contributed by atoms with E-state index in [4.69, 9.17) is 14.7 Å². The third-order valence-corrected chi connectivity index (χ3v) is 2.97. The number of amides is 1. The minimum Gasteiger partial charge on any atom is -0.493 e. The highest BCUT2D eigenvalue weighted by atomic mass is 19.1. The van der Waals surface area contributed by atoms with Crippen LogP contribution in [0.5, 0.6) is 11.5 Å². The molecule has 0 unspecified atom stereocenters. The lowest BCUT2D eigenvalue weighted by atomic mass is 10.2. The van der Waals surface area contributed by atoms with E-state index < -0.39 is 11.7 Å². The van der Waals surface area contributed by atoms with Crippen molar-refractivity contribution in [1.82, 2.24) is 5.43 Å². The van der Waals surface area contributed by atoms with Crippen molar-refractivity contribution in [3.8, 4) is 17.6 Å². The number of methoxy groups -OCH3 is 1. The van der Waals surface area contributed by atoms with Crippen LogP contribution in [0.2, 0.25) is 0 Å². The molecule has 122 valence electrons. The second-order valence-corrected chi connectivity index (χ2v) is 4.56. The molecule has 2 aromatic rings. The second kappa shape index (κ2) is 8.29. The largest absolute Gasteiger partial charge is 0.493 e. The summed E-state index contributed by atoms with van der Waals surface area (Å²) in [6.07, 6.45) is 1.43. The number of rotatable bonds is 6. The molecule has 0 heterocycles. The molecule has 24 heavy (non-hydrogen) atoms. The molecule has 1 N–H and O–H groups in total. The van der Waals surface area contributed by atoms with Crippen molar-refractivity contribution >= 4 is 12.1 Å². The van der Waals surface area contributed by atoms with Gasteiger partial charge in [-0.05, 0) is 48.0 Å². The Hall–Kier alpha value is -3.40. The first-order valence-corrected chi connectivity index (χ1v) is 6.91. The monoisotopic (exact) mass is 327 g/mol. The van der Waals surface area contributed by atoms with Crippen LogP contribution in [0.15, 0.2) is 47.6 Å². The summed E-state index contributed by atoms with van der Waals surface area (Å²) in [5.41, 5.74) is 3.31. The van der Waals surface area contributed by atoms with Crippen molar-refractivity contribution in [3.63, 3.8) is 0 Å². The predicted octanol–water partition coefficient (Wildman–Crippen LogP) is 2.50. The van der Waals surface area contributed by atoms with Gasteiger partial charge in [-0.1, -0.05) is 0 Å².